The number of nitrogens with zero attached hydrogens (tertiary/aromatic N) is 1. The second-order valence-electron chi connectivity index (χ2n) is 6.66. The molecule has 0 fully saturated rings. The summed E-state index contributed by atoms with van der Waals surface area (Å²) in [4.78, 5) is 12.5. The molecular formula is C22H16ClN3O4S. The van der Waals surface area contributed by atoms with Gasteiger partial charge in [-0.3, -0.25) is 4.79 Å². The molecule has 0 spiro atoms. The molecule has 156 valence electrons. The van der Waals surface area contributed by atoms with Crippen LogP contribution >= 0.6 is 11.6 Å². The van der Waals surface area contributed by atoms with Gasteiger partial charge in [-0.05, 0) is 35.9 Å². The highest BCUT2D eigenvalue weighted by Gasteiger charge is 2.16. The second-order valence-corrected chi connectivity index (χ2v) is 8.62. The highest BCUT2D eigenvalue weighted by atomic mass is 35.5. The van der Waals surface area contributed by atoms with Crippen LogP contribution in [0, 0.1) is 0 Å². The Hall–Kier alpha value is -3.46. The average molecular weight is 454 g/mol. The van der Waals surface area contributed by atoms with E-state index >= 15 is 0 Å². The van der Waals surface area contributed by atoms with Crippen molar-refractivity contribution in [2.45, 2.75) is 4.90 Å². The minimum absolute atomic E-state index is 0.0307. The van der Waals surface area contributed by atoms with E-state index in [1.54, 1.807) is 66.7 Å². The van der Waals surface area contributed by atoms with Gasteiger partial charge in [0.2, 0.25) is 15.8 Å². The monoisotopic (exact) mass is 453 g/mol. The van der Waals surface area contributed by atoms with Crippen LogP contribution < -0.4 is 10.5 Å². The lowest BCUT2D eigenvalue weighted by molar-refractivity contribution is 0.0988. The van der Waals surface area contributed by atoms with Crippen LogP contribution in [0.4, 0.5) is 5.69 Å². The number of aromatic nitrogens is 1. The topological polar surface area (TPSA) is 115 Å². The number of halogens is 1. The van der Waals surface area contributed by atoms with Gasteiger partial charge < -0.3 is 9.84 Å². The number of hydrogen-bond donors (Lipinski definition) is 2. The number of rotatable bonds is 5. The molecule has 0 saturated carbocycles. The fraction of sp³-hybridized carbons (Fsp3) is 0. The van der Waals surface area contributed by atoms with Crippen molar-refractivity contribution in [2.24, 2.45) is 5.14 Å². The standard InChI is InChI=1S/C22H16ClN3O4S/c23-16-9-5-15(6-10-16)19-13-20(30-26-19)22(27)25-17-11-7-14(8-12-17)18-3-1-2-4-21(18)31(24,28)29/h1-13H,(H,25,27)(H2,24,28,29). The molecule has 0 aliphatic heterocycles. The van der Waals surface area contributed by atoms with Crippen molar-refractivity contribution >= 4 is 33.2 Å². The summed E-state index contributed by atoms with van der Waals surface area (Å²) in [6.45, 7) is 0. The van der Waals surface area contributed by atoms with Gasteiger partial charge in [-0.1, -0.05) is 59.2 Å². The van der Waals surface area contributed by atoms with Crippen molar-refractivity contribution in [1.29, 1.82) is 0 Å². The molecule has 3 N–H and O–H groups in total. The van der Waals surface area contributed by atoms with Gasteiger partial charge in [-0.2, -0.15) is 0 Å². The summed E-state index contributed by atoms with van der Waals surface area (Å²) in [6.07, 6.45) is 0. The molecule has 0 saturated heterocycles. The van der Waals surface area contributed by atoms with E-state index in [9.17, 15) is 13.2 Å². The molecule has 0 unspecified atom stereocenters. The maximum Gasteiger partial charge on any atom is 0.294 e. The smallest absolute Gasteiger partial charge is 0.294 e. The number of nitrogens with two attached hydrogens (primary N) is 1. The minimum atomic E-state index is -3.87. The minimum Gasteiger partial charge on any atom is -0.350 e. The van der Waals surface area contributed by atoms with E-state index in [2.05, 4.69) is 10.5 Å². The maximum atomic E-state index is 12.5. The predicted octanol–water partition coefficient (Wildman–Crippen LogP) is 4.56. The molecule has 4 aromatic rings. The first-order valence-corrected chi connectivity index (χ1v) is 11.0. The molecule has 3 aromatic carbocycles. The number of amides is 1. The van der Waals surface area contributed by atoms with Gasteiger partial charge >= 0.3 is 0 Å². The van der Waals surface area contributed by atoms with Crippen molar-refractivity contribution in [1.82, 2.24) is 5.16 Å². The van der Waals surface area contributed by atoms with Crippen LogP contribution in [0.5, 0.6) is 0 Å². The third-order valence-electron chi connectivity index (χ3n) is 4.52. The lowest BCUT2D eigenvalue weighted by Gasteiger charge is -2.09. The largest absolute Gasteiger partial charge is 0.350 e. The summed E-state index contributed by atoms with van der Waals surface area (Å²) >= 11 is 5.88. The third kappa shape index (κ3) is 4.66. The summed E-state index contributed by atoms with van der Waals surface area (Å²) in [6, 6.07) is 21.7. The van der Waals surface area contributed by atoms with E-state index in [-0.39, 0.29) is 10.7 Å². The Morgan fingerprint density at radius 3 is 2.26 bits per heavy atom. The van der Waals surface area contributed by atoms with E-state index in [4.69, 9.17) is 21.3 Å². The van der Waals surface area contributed by atoms with E-state index < -0.39 is 15.9 Å². The van der Waals surface area contributed by atoms with Crippen LogP contribution in [0.15, 0.2) is 88.3 Å². The number of sulfonamides is 1. The number of nitrogens with one attached hydrogen (secondary N) is 1. The summed E-state index contributed by atoms with van der Waals surface area (Å²) < 4.78 is 28.8. The molecule has 4 rings (SSSR count). The van der Waals surface area contributed by atoms with Crippen LogP contribution in [0.1, 0.15) is 10.6 Å². The van der Waals surface area contributed by atoms with Gasteiger partial charge in [-0.15, -0.1) is 0 Å². The van der Waals surface area contributed by atoms with Crippen LogP contribution in [-0.2, 0) is 10.0 Å². The lowest BCUT2D eigenvalue weighted by Crippen LogP contribution is -2.13. The zero-order chi connectivity index (χ0) is 22.0. The average Bonchev–Trinajstić information content (AvgIpc) is 3.25. The fourth-order valence-electron chi connectivity index (χ4n) is 3.02. The van der Waals surface area contributed by atoms with E-state index in [1.807, 2.05) is 0 Å². The van der Waals surface area contributed by atoms with Gasteiger partial charge in [0.15, 0.2) is 0 Å². The molecule has 1 amide bonds. The molecular weight excluding hydrogens is 438 g/mol. The maximum absolute atomic E-state index is 12.5. The molecule has 1 aromatic heterocycles. The van der Waals surface area contributed by atoms with Crippen molar-refractivity contribution in [2.75, 3.05) is 5.32 Å². The summed E-state index contributed by atoms with van der Waals surface area (Å²) in [5.74, 6) is -0.418. The Morgan fingerprint density at radius 1 is 0.935 bits per heavy atom. The highest BCUT2D eigenvalue weighted by Crippen LogP contribution is 2.28. The van der Waals surface area contributed by atoms with E-state index in [1.165, 1.54) is 12.1 Å². The zero-order valence-corrected chi connectivity index (χ0v) is 17.5. The zero-order valence-electron chi connectivity index (χ0n) is 15.9. The van der Waals surface area contributed by atoms with Gasteiger partial charge in [0.05, 0.1) is 4.90 Å². The quantitative estimate of drug-likeness (QED) is 0.459. The summed E-state index contributed by atoms with van der Waals surface area (Å²) in [7, 11) is -3.87. The first-order valence-electron chi connectivity index (χ1n) is 9.07. The Kier molecular flexibility index (Phi) is 5.60. The first-order chi connectivity index (χ1) is 14.8. The van der Waals surface area contributed by atoms with E-state index in [0.29, 0.717) is 27.5 Å². The number of hydrogen-bond acceptors (Lipinski definition) is 5. The SMILES string of the molecule is NS(=O)(=O)c1ccccc1-c1ccc(NC(=O)c2cc(-c3ccc(Cl)cc3)no2)cc1. The highest BCUT2D eigenvalue weighted by molar-refractivity contribution is 7.89. The summed E-state index contributed by atoms with van der Waals surface area (Å²) in [5.41, 5.74) is 2.91. The number of primary sulfonamides is 1. The van der Waals surface area contributed by atoms with Crippen LogP contribution in [0.2, 0.25) is 5.02 Å². The van der Waals surface area contributed by atoms with Crippen molar-refractivity contribution in [3.63, 3.8) is 0 Å². The Bertz CT molecular complexity index is 1350. The van der Waals surface area contributed by atoms with Crippen molar-refractivity contribution in [3.8, 4) is 22.4 Å². The van der Waals surface area contributed by atoms with Gasteiger partial charge in [-0.25, -0.2) is 13.6 Å². The van der Waals surface area contributed by atoms with Gasteiger partial charge in [0, 0.05) is 27.9 Å². The predicted molar refractivity (Wildman–Crippen MR) is 118 cm³/mol. The molecule has 7 nitrogen and oxygen atoms in total. The normalized spacial score (nSPS) is 11.3. The molecule has 0 atom stereocenters. The van der Waals surface area contributed by atoms with Crippen molar-refractivity contribution < 1.29 is 17.7 Å². The Morgan fingerprint density at radius 2 is 1.58 bits per heavy atom. The Balaban J connectivity index is 1.51. The molecule has 0 aliphatic carbocycles. The number of carbonyl (C=O) groups is 1. The molecule has 0 aliphatic rings. The first kappa shape index (κ1) is 20.8. The van der Waals surface area contributed by atoms with Crippen LogP contribution in [0.25, 0.3) is 22.4 Å². The number of anilines is 1. The molecule has 0 bridgehead atoms. The number of carbonyl (C=O) groups excluding carboxylic acids is 1. The number of benzene rings is 3. The molecule has 31 heavy (non-hydrogen) atoms. The van der Waals surface area contributed by atoms with Gasteiger partial charge in [0.1, 0.15) is 5.69 Å². The van der Waals surface area contributed by atoms with Crippen LogP contribution in [-0.4, -0.2) is 19.5 Å². The molecule has 9 heteroatoms. The lowest BCUT2D eigenvalue weighted by atomic mass is 10.1. The molecule has 1 heterocycles. The Labute approximate surface area is 183 Å². The summed E-state index contributed by atoms with van der Waals surface area (Å²) in [5, 5.41) is 12.5. The third-order valence-corrected chi connectivity index (χ3v) is 5.74. The van der Waals surface area contributed by atoms with Crippen LogP contribution in [0.3, 0.4) is 0 Å². The van der Waals surface area contributed by atoms with Gasteiger partial charge in [0.25, 0.3) is 5.91 Å². The fourth-order valence-corrected chi connectivity index (χ4v) is 3.90. The second kappa shape index (κ2) is 8.35. The molecule has 0 radical (unpaired) electrons. The van der Waals surface area contributed by atoms with Crippen molar-refractivity contribution in [3.05, 3.63) is 89.6 Å². The van der Waals surface area contributed by atoms with E-state index in [0.717, 1.165) is 5.56 Å².